The summed E-state index contributed by atoms with van der Waals surface area (Å²) >= 11 is 6.07. The molecule has 0 bridgehead atoms. The van der Waals surface area contributed by atoms with E-state index in [1.54, 1.807) is 7.11 Å². The molecule has 1 aliphatic rings. The number of halogens is 1. The van der Waals surface area contributed by atoms with Crippen molar-refractivity contribution in [2.45, 2.75) is 18.4 Å². The summed E-state index contributed by atoms with van der Waals surface area (Å²) in [5, 5.41) is 12.2. The summed E-state index contributed by atoms with van der Waals surface area (Å²) in [7, 11) is 1.64. The Labute approximate surface area is 160 Å². The molecule has 0 saturated carbocycles. The van der Waals surface area contributed by atoms with E-state index in [1.165, 1.54) is 0 Å². The minimum atomic E-state index is -1.03. The summed E-state index contributed by atoms with van der Waals surface area (Å²) in [6, 6.07) is 15.4. The molecule has 140 valence electrons. The largest absolute Gasteiger partial charge is 0.497 e. The second-order valence-corrected chi connectivity index (χ2v) is 7.33. The van der Waals surface area contributed by atoms with E-state index in [0.29, 0.717) is 5.02 Å². The van der Waals surface area contributed by atoms with Crippen molar-refractivity contribution in [2.24, 2.45) is 0 Å². The first-order chi connectivity index (χ1) is 12.5. The fraction of sp³-hybridized carbons (Fsp3) is 0.429. The highest BCUT2D eigenvalue weighted by Gasteiger charge is 2.36. The zero-order valence-electron chi connectivity index (χ0n) is 15.3. The van der Waals surface area contributed by atoms with Crippen molar-refractivity contribution in [1.29, 1.82) is 0 Å². The van der Waals surface area contributed by atoms with Crippen LogP contribution in [-0.4, -0.2) is 50.0 Å². The van der Waals surface area contributed by atoms with Gasteiger partial charge >= 0.3 is 0 Å². The maximum absolute atomic E-state index is 11.5. The molecule has 2 aromatic carbocycles. The Balaban J connectivity index is 1.92. The third-order valence-electron chi connectivity index (χ3n) is 5.17. The Morgan fingerprint density at radius 2 is 1.73 bits per heavy atom. The van der Waals surface area contributed by atoms with Crippen LogP contribution in [0.2, 0.25) is 5.02 Å². The molecule has 3 rings (SSSR count). The van der Waals surface area contributed by atoms with E-state index in [0.717, 1.165) is 49.7 Å². The van der Waals surface area contributed by atoms with Crippen molar-refractivity contribution in [3.05, 3.63) is 64.7 Å². The van der Waals surface area contributed by atoms with Crippen molar-refractivity contribution in [1.82, 2.24) is 4.90 Å². The lowest BCUT2D eigenvalue weighted by atomic mass is 9.78. The fourth-order valence-electron chi connectivity index (χ4n) is 3.47. The summed E-state index contributed by atoms with van der Waals surface area (Å²) in [6.07, 6.45) is 0. The maximum atomic E-state index is 11.5. The van der Waals surface area contributed by atoms with Gasteiger partial charge in [0.05, 0.1) is 25.9 Å². The maximum Gasteiger partial charge on any atom is 0.118 e. The van der Waals surface area contributed by atoms with Crippen LogP contribution in [0.3, 0.4) is 0 Å². The number of hydrogen-bond donors (Lipinski definition) is 1. The molecule has 0 radical (unpaired) electrons. The monoisotopic (exact) mass is 375 g/mol. The first-order valence-electron chi connectivity index (χ1n) is 8.93. The summed E-state index contributed by atoms with van der Waals surface area (Å²) in [5.74, 6) is 0.687. The molecule has 1 fully saturated rings. The highest BCUT2D eigenvalue weighted by Crippen LogP contribution is 2.38. The minimum absolute atomic E-state index is 0.0914. The number of benzene rings is 2. The zero-order valence-corrected chi connectivity index (χ0v) is 16.1. The normalized spacial score (nSPS) is 18.9. The minimum Gasteiger partial charge on any atom is -0.497 e. The first-order valence-corrected chi connectivity index (χ1v) is 9.31. The molecule has 1 N–H and O–H groups in total. The molecular weight excluding hydrogens is 350 g/mol. The lowest BCUT2D eigenvalue weighted by molar-refractivity contribution is -0.0107. The van der Waals surface area contributed by atoms with Crippen molar-refractivity contribution in [2.75, 3.05) is 40.0 Å². The van der Waals surface area contributed by atoms with Crippen molar-refractivity contribution >= 4 is 11.6 Å². The summed E-state index contributed by atoms with van der Waals surface area (Å²) in [5.41, 5.74) is 0.909. The molecule has 1 heterocycles. The van der Waals surface area contributed by atoms with Gasteiger partial charge in [-0.25, -0.2) is 0 Å². The number of aliphatic hydroxyl groups is 1. The van der Waals surface area contributed by atoms with Gasteiger partial charge in [0.2, 0.25) is 0 Å². The van der Waals surface area contributed by atoms with Gasteiger partial charge in [-0.3, -0.25) is 4.90 Å². The van der Waals surface area contributed by atoms with Gasteiger partial charge in [-0.05, 0) is 42.3 Å². The van der Waals surface area contributed by atoms with E-state index in [1.807, 2.05) is 55.5 Å². The smallest absolute Gasteiger partial charge is 0.118 e. The molecule has 1 saturated heterocycles. The highest BCUT2D eigenvalue weighted by atomic mass is 35.5. The number of rotatable bonds is 6. The molecule has 2 aromatic rings. The summed E-state index contributed by atoms with van der Waals surface area (Å²) in [6.45, 7) is 5.86. The van der Waals surface area contributed by atoms with Crippen LogP contribution in [0.25, 0.3) is 0 Å². The van der Waals surface area contributed by atoms with Crippen LogP contribution in [0.1, 0.15) is 24.0 Å². The van der Waals surface area contributed by atoms with Gasteiger partial charge < -0.3 is 14.6 Å². The van der Waals surface area contributed by atoms with Gasteiger partial charge in [0.15, 0.2) is 0 Å². The standard InChI is InChI=1S/C21H26ClNO3/c1-21(24,17-5-9-19(25-2)10-6-17)20(15-23-11-13-26-14-12-23)16-3-7-18(22)8-4-16/h3-10,20,24H,11-15H2,1-2H3/t20-,21-/m0/s1. The second kappa shape index (κ2) is 8.40. The molecule has 4 nitrogen and oxygen atoms in total. The molecule has 0 spiro atoms. The van der Waals surface area contributed by atoms with E-state index in [-0.39, 0.29) is 5.92 Å². The Kier molecular flexibility index (Phi) is 6.20. The van der Waals surface area contributed by atoms with Crippen LogP contribution in [0.15, 0.2) is 48.5 Å². The molecule has 1 aliphatic heterocycles. The molecule has 0 amide bonds. The van der Waals surface area contributed by atoms with Gasteiger partial charge in [-0.2, -0.15) is 0 Å². The van der Waals surface area contributed by atoms with Crippen molar-refractivity contribution in [3.8, 4) is 5.75 Å². The van der Waals surface area contributed by atoms with Crippen LogP contribution in [-0.2, 0) is 10.3 Å². The van der Waals surface area contributed by atoms with Gasteiger partial charge in [-0.15, -0.1) is 0 Å². The molecule has 26 heavy (non-hydrogen) atoms. The average molecular weight is 376 g/mol. The van der Waals surface area contributed by atoms with E-state index in [2.05, 4.69) is 4.90 Å². The lowest BCUT2D eigenvalue weighted by Gasteiger charge is -2.38. The summed E-state index contributed by atoms with van der Waals surface area (Å²) < 4.78 is 10.7. The number of methoxy groups -OCH3 is 1. The summed E-state index contributed by atoms with van der Waals surface area (Å²) in [4.78, 5) is 2.35. The lowest BCUT2D eigenvalue weighted by Crippen LogP contribution is -2.43. The van der Waals surface area contributed by atoms with Crippen LogP contribution >= 0.6 is 11.6 Å². The Morgan fingerprint density at radius 1 is 1.12 bits per heavy atom. The molecular formula is C21H26ClNO3. The van der Waals surface area contributed by atoms with E-state index < -0.39 is 5.60 Å². The highest BCUT2D eigenvalue weighted by molar-refractivity contribution is 6.30. The van der Waals surface area contributed by atoms with Gasteiger partial charge in [0.1, 0.15) is 5.75 Å². The quantitative estimate of drug-likeness (QED) is 0.836. The molecule has 0 unspecified atom stereocenters. The predicted molar refractivity (Wildman–Crippen MR) is 104 cm³/mol. The van der Waals surface area contributed by atoms with Crippen molar-refractivity contribution in [3.63, 3.8) is 0 Å². The van der Waals surface area contributed by atoms with Gasteiger partial charge in [0.25, 0.3) is 0 Å². The number of morpholine rings is 1. The Morgan fingerprint density at radius 3 is 2.31 bits per heavy atom. The molecule has 0 aliphatic carbocycles. The van der Waals surface area contributed by atoms with Crippen molar-refractivity contribution < 1.29 is 14.6 Å². The van der Waals surface area contributed by atoms with Gasteiger partial charge in [-0.1, -0.05) is 35.9 Å². The molecule has 2 atom stereocenters. The predicted octanol–water partition coefficient (Wildman–Crippen LogP) is 3.67. The average Bonchev–Trinajstić information content (AvgIpc) is 2.68. The first kappa shape index (κ1) is 19.2. The van der Waals surface area contributed by atoms with Crippen LogP contribution in [0, 0.1) is 0 Å². The third kappa shape index (κ3) is 4.38. The Hall–Kier alpha value is -1.59. The van der Waals surface area contributed by atoms with Crippen LogP contribution in [0.5, 0.6) is 5.75 Å². The third-order valence-corrected chi connectivity index (χ3v) is 5.42. The van der Waals surface area contributed by atoms with E-state index in [4.69, 9.17) is 21.1 Å². The molecule has 0 aromatic heterocycles. The topological polar surface area (TPSA) is 41.9 Å². The number of nitrogens with zero attached hydrogens (tertiary/aromatic N) is 1. The number of ether oxygens (including phenoxy) is 2. The van der Waals surface area contributed by atoms with Crippen LogP contribution < -0.4 is 4.74 Å². The van der Waals surface area contributed by atoms with Crippen LogP contribution in [0.4, 0.5) is 0 Å². The second-order valence-electron chi connectivity index (χ2n) is 6.89. The van der Waals surface area contributed by atoms with E-state index >= 15 is 0 Å². The SMILES string of the molecule is COc1ccc([C@](C)(O)[C@@H](CN2CCOCC2)c2ccc(Cl)cc2)cc1. The van der Waals surface area contributed by atoms with E-state index in [9.17, 15) is 5.11 Å². The van der Waals surface area contributed by atoms with Gasteiger partial charge in [0, 0.05) is 30.6 Å². The Bertz CT molecular complexity index is 694. The zero-order chi connectivity index (χ0) is 18.6. The number of hydrogen-bond acceptors (Lipinski definition) is 4. The fourth-order valence-corrected chi connectivity index (χ4v) is 3.60. The molecule has 5 heteroatoms.